The third-order valence-corrected chi connectivity index (χ3v) is 3.90. The zero-order chi connectivity index (χ0) is 15.9. The van der Waals surface area contributed by atoms with E-state index >= 15 is 0 Å². The maximum absolute atomic E-state index is 11.2. The number of piperidine rings is 1. The maximum Gasteiger partial charge on any atom is 0.307 e. The summed E-state index contributed by atoms with van der Waals surface area (Å²) < 4.78 is 11.3. The predicted octanol–water partition coefficient (Wildman–Crippen LogP) is 2.51. The number of carboxylic acids is 1. The van der Waals surface area contributed by atoms with Gasteiger partial charge in [-0.1, -0.05) is 19.1 Å². The van der Waals surface area contributed by atoms with Crippen LogP contribution in [0.5, 0.6) is 11.5 Å². The standard InChI is InChI=1S/C17H25NO4/c1-3-21-15-6-4-5-7-16(15)22-9-8-18-11-13(2)10-14(12-18)17(19)20/h4-7,13-14H,3,8-12H2,1-2H3,(H,19,20). The van der Waals surface area contributed by atoms with Crippen LogP contribution in [-0.2, 0) is 4.79 Å². The third-order valence-electron chi connectivity index (χ3n) is 3.90. The maximum atomic E-state index is 11.2. The highest BCUT2D eigenvalue weighted by Crippen LogP contribution is 2.26. The van der Waals surface area contributed by atoms with Gasteiger partial charge in [0.15, 0.2) is 11.5 Å². The number of carbonyl (C=O) groups is 1. The topological polar surface area (TPSA) is 59.0 Å². The summed E-state index contributed by atoms with van der Waals surface area (Å²) in [5, 5.41) is 9.20. The van der Waals surface area contributed by atoms with Crippen molar-refractivity contribution < 1.29 is 19.4 Å². The number of hydrogen-bond donors (Lipinski definition) is 1. The monoisotopic (exact) mass is 307 g/mol. The summed E-state index contributed by atoms with van der Waals surface area (Å²) in [6, 6.07) is 7.62. The van der Waals surface area contributed by atoms with Gasteiger partial charge in [-0.25, -0.2) is 0 Å². The van der Waals surface area contributed by atoms with Crippen molar-refractivity contribution in [2.45, 2.75) is 20.3 Å². The average Bonchev–Trinajstić information content (AvgIpc) is 2.48. The minimum absolute atomic E-state index is 0.264. The Kier molecular flexibility index (Phi) is 6.07. The highest BCUT2D eigenvalue weighted by atomic mass is 16.5. The normalized spacial score (nSPS) is 22.3. The van der Waals surface area contributed by atoms with E-state index in [1.54, 1.807) is 0 Å². The van der Waals surface area contributed by atoms with Gasteiger partial charge in [-0.3, -0.25) is 9.69 Å². The van der Waals surface area contributed by atoms with Crippen LogP contribution >= 0.6 is 0 Å². The first kappa shape index (κ1) is 16.6. The van der Waals surface area contributed by atoms with E-state index in [0.717, 1.165) is 31.0 Å². The third kappa shape index (κ3) is 4.63. The fourth-order valence-corrected chi connectivity index (χ4v) is 2.95. The van der Waals surface area contributed by atoms with Crippen molar-refractivity contribution in [3.63, 3.8) is 0 Å². The molecule has 5 heteroatoms. The molecule has 2 unspecified atom stereocenters. The van der Waals surface area contributed by atoms with Crippen molar-refractivity contribution in [3.8, 4) is 11.5 Å². The van der Waals surface area contributed by atoms with Crippen LogP contribution in [0.2, 0.25) is 0 Å². The van der Waals surface area contributed by atoms with Crippen molar-refractivity contribution in [2.24, 2.45) is 11.8 Å². The lowest BCUT2D eigenvalue weighted by Gasteiger charge is -2.34. The first-order valence-electron chi connectivity index (χ1n) is 7.90. The van der Waals surface area contributed by atoms with Crippen LogP contribution in [-0.4, -0.2) is 48.8 Å². The van der Waals surface area contributed by atoms with Gasteiger partial charge in [0, 0.05) is 19.6 Å². The van der Waals surface area contributed by atoms with Gasteiger partial charge in [0.2, 0.25) is 0 Å². The molecule has 122 valence electrons. The highest BCUT2D eigenvalue weighted by molar-refractivity contribution is 5.70. The van der Waals surface area contributed by atoms with E-state index in [4.69, 9.17) is 9.47 Å². The molecule has 1 aromatic rings. The van der Waals surface area contributed by atoms with Crippen molar-refractivity contribution in [1.82, 2.24) is 4.90 Å². The van der Waals surface area contributed by atoms with Crippen LogP contribution in [0.1, 0.15) is 20.3 Å². The minimum atomic E-state index is -0.695. The molecule has 1 aliphatic heterocycles. The number of likely N-dealkylation sites (tertiary alicyclic amines) is 1. The smallest absolute Gasteiger partial charge is 0.307 e. The Hall–Kier alpha value is -1.75. The lowest BCUT2D eigenvalue weighted by Crippen LogP contribution is -2.44. The summed E-state index contributed by atoms with van der Waals surface area (Å²) in [5.41, 5.74) is 0. The molecule has 0 spiro atoms. The van der Waals surface area contributed by atoms with Gasteiger partial charge < -0.3 is 14.6 Å². The first-order chi connectivity index (χ1) is 10.6. The SMILES string of the molecule is CCOc1ccccc1OCCN1CC(C)CC(C(=O)O)C1. The minimum Gasteiger partial charge on any atom is -0.490 e. The number of ether oxygens (including phenoxy) is 2. The number of rotatable bonds is 7. The predicted molar refractivity (Wildman–Crippen MR) is 84.5 cm³/mol. The zero-order valence-corrected chi connectivity index (χ0v) is 13.3. The Labute approximate surface area is 131 Å². The Morgan fingerprint density at radius 3 is 2.59 bits per heavy atom. The Morgan fingerprint density at radius 2 is 1.95 bits per heavy atom. The first-order valence-corrected chi connectivity index (χ1v) is 7.90. The Morgan fingerprint density at radius 1 is 1.27 bits per heavy atom. The van der Waals surface area contributed by atoms with Gasteiger partial charge in [-0.2, -0.15) is 0 Å². The highest BCUT2D eigenvalue weighted by Gasteiger charge is 2.29. The van der Waals surface area contributed by atoms with E-state index < -0.39 is 5.97 Å². The largest absolute Gasteiger partial charge is 0.490 e. The molecule has 0 saturated carbocycles. The molecule has 2 rings (SSSR count). The van der Waals surface area contributed by atoms with Crippen LogP contribution in [0.3, 0.4) is 0 Å². The van der Waals surface area contributed by atoms with Crippen molar-refractivity contribution in [2.75, 3.05) is 32.8 Å². The van der Waals surface area contributed by atoms with Gasteiger partial charge in [0.05, 0.1) is 12.5 Å². The fourth-order valence-electron chi connectivity index (χ4n) is 2.95. The summed E-state index contributed by atoms with van der Waals surface area (Å²) in [5.74, 6) is 0.939. The second kappa shape index (κ2) is 8.03. The number of benzene rings is 1. The lowest BCUT2D eigenvalue weighted by molar-refractivity contribution is -0.144. The lowest BCUT2D eigenvalue weighted by atomic mass is 9.90. The molecular formula is C17H25NO4. The molecule has 0 aliphatic carbocycles. The quantitative estimate of drug-likeness (QED) is 0.839. The number of nitrogens with zero attached hydrogens (tertiary/aromatic N) is 1. The van der Waals surface area contributed by atoms with Crippen LogP contribution in [0.25, 0.3) is 0 Å². The zero-order valence-electron chi connectivity index (χ0n) is 13.3. The van der Waals surface area contributed by atoms with Crippen molar-refractivity contribution >= 4 is 5.97 Å². The van der Waals surface area contributed by atoms with Gasteiger partial charge in [-0.05, 0) is 31.4 Å². The summed E-state index contributed by atoms with van der Waals surface area (Å²) in [6.07, 6.45) is 0.764. The van der Waals surface area contributed by atoms with Gasteiger partial charge in [0.25, 0.3) is 0 Å². The second-order valence-electron chi connectivity index (χ2n) is 5.86. The molecule has 1 heterocycles. The van der Waals surface area contributed by atoms with Gasteiger partial charge >= 0.3 is 5.97 Å². The molecule has 1 aliphatic rings. The summed E-state index contributed by atoms with van der Waals surface area (Å²) in [6.45, 7) is 7.45. The van der Waals surface area contributed by atoms with Crippen molar-refractivity contribution in [1.29, 1.82) is 0 Å². The Balaban J connectivity index is 1.84. The molecule has 1 aromatic carbocycles. The van der Waals surface area contributed by atoms with E-state index in [2.05, 4.69) is 11.8 Å². The molecule has 1 saturated heterocycles. The summed E-state index contributed by atoms with van der Waals surface area (Å²) in [4.78, 5) is 13.4. The van der Waals surface area contributed by atoms with E-state index in [1.165, 1.54) is 0 Å². The van der Waals surface area contributed by atoms with E-state index in [0.29, 0.717) is 25.7 Å². The number of aliphatic carboxylic acids is 1. The van der Waals surface area contributed by atoms with Crippen LogP contribution in [0.15, 0.2) is 24.3 Å². The number of carboxylic acid groups (broad SMARTS) is 1. The molecule has 0 radical (unpaired) electrons. The van der Waals surface area contributed by atoms with Crippen LogP contribution < -0.4 is 9.47 Å². The molecule has 0 aromatic heterocycles. The molecular weight excluding hydrogens is 282 g/mol. The number of para-hydroxylation sites is 2. The summed E-state index contributed by atoms with van der Waals surface area (Å²) in [7, 11) is 0. The molecule has 22 heavy (non-hydrogen) atoms. The second-order valence-corrected chi connectivity index (χ2v) is 5.86. The average molecular weight is 307 g/mol. The number of hydrogen-bond acceptors (Lipinski definition) is 4. The van der Waals surface area contributed by atoms with Crippen LogP contribution in [0, 0.1) is 11.8 Å². The molecule has 1 fully saturated rings. The fraction of sp³-hybridized carbons (Fsp3) is 0.588. The van der Waals surface area contributed by atoms with Gasteiger partial charge in [-0.15, -0.1) is 0 Å². The van der Waals surface area contributed by atoms with Crippen molar-refractivity contribution in [3.05, 3.63) is 24.3 Å². The molecule has 1 N–H and O–H groups in total. The molecule has 5 nitrogen and oxygen atoms in total. The van der Waals surface area contributed by atoms with E-state index in [-0.39, 0.29) is 5.92 Å². The van der Waals surface area contributed by atoms with E-state index in [1.807, 2.05) is 31.2 Å². The molecule has 0 bridgehead atoms. The van der Waals surface area contributed by atoms with E-state index in [9.17, 15) is 9.90 Å². The van der Waals surface area contributed by atoms with Crippen LogP contribution in [0.4, 0.5) is 0 Å². The summed E-state index contributed by atoms with van der Waals surface area (Å²) >= 11 is 0. The molecule has 2 atom stereocenters. The Bertz CT molecular complexity index is 491. The van der Waals surface area contributed by atoms with Gasteiger partial charge in [0.1, 0.15) is 6.61 Å². The molecule has 0 amide bonds.